The first kappa shape index (κ1) is 25.5. The summed E-state index contributed by atoms with van der Waals surface area (Å²) in [6, 6.07) is 26.2. The first-order valence-electron chi connectivity index (χ1n) is 12.3. The average molecular weight is 598 g/mol. The van der Waals surface area contributed by atoms with Gasteiger partial charge in [0, 0.05) is 21.0 Å². The highest BCUT2D eigenvalue weighted by atomic mass is 79.9. The highest BCUT2D eigenvalue weighted by molar-refractivity contribution is 9.10. The van der Waals surface area contributed by atoms with E-state index in [2.05, 4.69) is 21.0 Å². The van der Waals surface area contributed by atoms with Crippen molar-refractivity contribution in [3.8, 4) is 23.1 Å². The smallest absolute Gasteiger partial charge is 0.282 e. The van der Waals surface area contributed by atoms with Gasteiger partial charge >= 0.3 is 0 Å². The summed E-state index contributed by atoms with van der Waals surface area (Å²) < 4.78 is 33.9. The number of hydrogen-bond donors (Lipinski definition) is 0. The van der Waals surface area contributed by atoms with Crippen LogP contribution in [0.4, 0.5) is 4.39 Å². The molecule has 0 aliphatic carbocycles. The van der Waals surface area contributed by atoms with Crippen molar-refractivity contribution in [1.82, 2.24) is 9.66 Å². The van der Waals surface area contributed by atoms with Crippen molar-refractivity contribution < 1.29 is 18.3 Å². The SMILES string of the molecule is COc1cccc(C=Nn2c(-c3cc4cc(Br)ccc4o3)nc3ccccc3c2=O)c1OCc1ccccc1F. The standard InChI is InChI=1S/C31H21BrFN3O4/c1-38-27-12-6-8-19(29(27)39-18-20-7-2-4-10-24(20)33)17-34-36-30(35-25-11-5-3-9-23(25)31(36)37)28-16-21-15-22(32)13-14-26(21)40-28/h2-17H,18H2,1H3. The molecule has 0 aliphatic heterocycles. The number of para-hydroxylation sites is 2. The number of aromatic nitrogens is 2. The Balaban J connectivity index is 1.46. The number of fused-ring (bicyclic) bond motifs is 2. The summed E-state index contributed by atoms with van der Waals surface area (Å²) in [7, 11) is 1.52. The van der Waals surface area contributed by atoms with E-state index in [-0.39, 0.29) is 23.8 Å². The van der Waals surface area contributed by atoms with Gasteiger partial charge in [-0.3, -0.25) is 4.79 Å². The van der Waals surface area contributed by atoms with Gasteiger partial charge in [0.15, 0.2) is 17.3 Å². The first-order chi connectivity index (χ1) is 19.5. The number of hydrogen-bond acceptors (Lipinski definition) is 6. The van der Waals surface area contributed by atoms with E-state index in [1.165, 1.54) is 24.1 Å². The van der Waals surface area contributed by atoms with Crippen LogP contribution < -0.4 is 15.0 Å². The van der Waals surface area contributed by atoms with Gasteiger partial charge in [-0.2, -0.15) is 9.78 Å². The highest BCUT2D eigenvalue weighted by Crippen LogP contribution is 2.32. The third-order valence-corrected chi connectivity index (χ3v) is 6.82. The third kappa shape index (κ3) is 4.87. The van der Waals surface area contributed by atoms with Crippen LogP contribution in [0.3, 0.4) is 0 Å². The number of nitrogens with zero attached hydrogens (tertiary/aromatic N) is 3. The van der Waals surface area contributed by atoms with E-state index >= 15 is 0 Å². The molecule has 0 amide bonds. The molecular weight excluding hydrogens is 577 g/mol. The van der Waals surface area contributed by atoms with Crippen molar-refractivity contribution in [3.05, 3.63) is 123 Å². The Morgan fingerprint density at radius 2 is 1.85 bits per heavy atom. The van der Waals surface area contributed by atoms with Crippen molar-refractivity contribution in [2.24, 2.45) is 5.10 Å². The molecule has 0 aliphatic rings. The molecule has 198 valence electrons. The van der Waals surface area contributed by atoms with E-state index in [9.17, 15) is 9.18 Å². The van der Waals surface area contributed by atoms with Gasteiger partial charge in [0.1, 0.15) is 18.0 Å². The summed E-state index contributed by atoms with van der Waals surface area (Å²) >= 11 is 3.48. The number of halogens is 2. The molecule has 0 fully saturated rings. The fourth-order valence-corrected chi connectivity index (χ4v) is 4.73. The minimum atomic E-state index is -0.371. The van der Waals surface area contributed by atoms with Crippen molar-refractivity contribution in [2.75, 3.05) is 7.11 Å². The molecule has 0 radical (unpaired) electrons. The fraction of sp³-hybridized carbons (Fsp3) is 0.0645. The molecule has 0 atom stereocenters. The number of ether oxygens (including phenoxy) is 2. The maximum atomic E-state index is 14.2. The molecular formula is C31H21BrFN3O4. The zero-order chi connectivity index (χ0) is 27.6. The second-order valence-corrected chi connectivity index (χ2v) is 9.78. The summed E-state index contributed by atoms with van der Waals surface area (Å²) in [5.74, 6) is 1.05. The number of methoxy groups -OCH3 is 1. The van der Waals surface area contributed by atoms with Crippen molar-refractivity contribution in [3.63, 3.8) is 0 Å². The molecule has 2 aromatic heterocycles. The lowest BCUT2D eigenvalue weighted by molar-refractivity contribution is 0.279. The zero-order valence-corrected chi connectivity index (χ0v) is 22.8. The van der Waals surface area contributed by atoms with E-state index in [1.54, 1.807) is 54.6 Å². The van der Waals surface area contributed by atoms with Crippen molar-refractivity contribution in [2.45, 2.75) is 6.61 Å². The van der Waals surface area contributed by atoms with Gasteiger partial charge < -0.3 is 13.9 Å². The predicted octanol–water partition coefficient (Wildman–Crippen LogP) is 7.18. The van der Waals surface area contributed by atoms with Gasteiger partial charge in [0.2, 0.25) is 5.82 Å². The molecule has 0 saturated carbocycles. The summed E-state index contributed by atoms with van der Waals surface area (Å²) in [6.07, 6.45) is 1.49. The Hall–Kier alpha value is -4.76. The molecule has 0 saturated heterocycles. The Morgan fingerprint density at radius 3 is 2.70 bits per heavy atom. The van der Waals surface area contributed by atoms with Crippen LogP contribution in [-0.4, -0.2) is 23.0 Å². The molecule has 0 spiro atoms. The van der Waals surface area contributed by atoms with Crippen molar-refractivity contribution >= 4 is 44.0 Å². The van der Waals surface area contributed by atoms with Crippen LogP contribution in [0, 0.1) is 5.82 Å². The lowest BCUT2D eigenvalue weighted by Crippen LogP contribution is -2.20. The molecule has 0 N–H and O–H groups in total. The van der Waals surface area contributed by atoms with E-state index in [0.29, 0.717) is 44.9 Å². The lowest BCUT2D eigenvalue weighted by atomic mass is 10.2. The van der Waals surface area contributed by atoms with Crippen LogP contribution in [0.25, 0.3) is 33.5 Å². The highest BCUT2D eigenvalue weighted by Gasteiger charge is 2.17. The van der Waals surface area contributed by atoms with Gasteiger partial charge in [0.25, 0.3) is 5.56 Å². The average Bonchev–Trinajstić information content (AvgIpc) is 3.39. The summed E-state index contributed by atoms with van der Waals surface area (Å²) in [4.78, 5) is 18.4. The normalized spacial score (nSPS) is 11.5. The lowest BCUT2D eigenvalue weighted by Gasteiger charge is -2.14. The van der Waals surface area contributed by atoms with E-state index < -0.39 is 0 Å². The maximum absolute atomic E-state index is 14.2. The molecule has 0 bridgehead atoms. The fourth-order valence-electron chi connectivity index (χ4n) is 4.35. The van der Waals surface area contributed by atoms with Crippen molar-refractivity contribution in [1.29, 1.82) is 0 Å². The molecule has 6 aromatic rings. The van der Waals surface area contributed by atoms with Gasteiger partial charge in [0.05, 0.1) is 24.2 Å². The summed E-state index contributed by atoms with van der Waals surface area (Å²) in [5, 5.41) is 5.79. The van der Waals surface area contributed by atoms with E-state index in [1.807, 2.05) is 30.3 Å². The molecule has 4 aromatic carbocycles. The predicted molar refractivity (Wildman–Crippen MR) is 156 cm³/mol. The largest absolute Gasteiger partial charge is 0.493 e. The first-order valence-corrected chi connectivity index (χ1v) is 13.1. The van der Waals surface area contributed by atoms with Crippen LogP contribution in [0.2, 0.25) is 0 Å². The second-order valence-electron chi connectivity index (χ2n) is 8.87. The Bertz CT molecular complexity index is 1960. The summed E-state index contributed by atoms with van der Waals surface area (Å²) in [6.45, 7) is -0.0227. The Morgan fingerprint density at radius 1 is 1.02 bits per heavy atom. The molecule has 9 heteroatoms. The number of benzene rings is 4. The van der Waals surface area contributed by atoms with Gasteiger partial charge in [-0.1, -0.05) is 52.3 Å². The number of rotatable bonds is 7. The van der Waals surface area contributed by atoms with Gasteiger partial charge in [-0.25, -0.2) is 9.37 Å². The van der Waals surface area contributed by atoms with Gasteiger partial charge in [-0.15, -0.1) is 0 Å². The Labute approximate surface area is 236 Å². The monoisotopic (exact) mass is 597 g/mol. The second kappa shape index (κ2) is 10.8. The maximum Gasteiger partial charge on any atom is 0.282 e. The minimum absolute atomic E-state index is 0.0227. The molecule has 2 heterocycles. The quantitative estimate of drug-likeness (QED) is 0.182. The van der Waals surface area contributed by atoms with Gasteiger partial charge in [-0.05, 0) is 54.6 Å². The minimum Gasteiger partial charge on any atom is -0.493 e. The van der Waals surface area contributed by atoms with E-state index in [4.69, 9.17) is 18.9 Å². The van der Waals surface area contributed by atoms with E-state index in [0.717, 1.165) is 9.86 Å². The van der Waals surface area contributed by atoms with Crippen LogP contribution in [0.1, 0.15) is 11.1 Å². The van der Waals surface area contributed by atoms with Crippen LogP contribution in [0.5, 0.6) is 11.5 Å². The topological polar surface area (TPSA) is 78.9 Å². The van der Waals surface area contributed by atoms with Crippen LogP contribution in [0.15, 0.2) is 110 Å². The molecule has 6 rings (SSSR count). The summed E-state index contributed by atoms with van der Waals surface area (Å²) in [5.41, 5.74) is 1.72. The molecule has 40 heavy (non-hydrogen) atoms. The molecule has 7 nitrogen and oxygen atoms in total. The van der Waals surface area contributed by atoms with Crippen LogP contribution >= 0.6 is 15.9 Å². The molecule has 0 unspecified atom stereocenters. The Kier molecular flexibility index (Phi) is 6.88. The number of furan rings is 1. The zero-order valence-electron chi connectivity index (χ0n) is 21.2. The third-order valence-electron chi connectivity index (χ3n) is 6.32. The van der Waals surface area contributed by atoms with Crippen LogP contribution in [-0.2, 0) is 6.61 Å².